The number of hydrogen-bond acceptors (Lipinski definition) is 7. The maximum atomic E-state index is 13.4. The summed E-state index contributed by atoms with van der Waals surface area (Å²) in [6.45, 7) is 3.93. The van der Waals surface area contributed by atoms with Crippen molar-refractivity contribution in [1.29, 1.82) is 0 Å². The van der Waals surface area contributed by atoms with Crippen molar-refractivity contribution in [3.8, 4) is 11.5 Å². The Morgan fingerprint density at radius 2 is 1.71 bits per heavy atom. The summed E-state index contributed by atoms with van der Waals surface area (Å²) in [6.07, 6.45) is 0.679. The van der Waals surface area contributed by atoms with Crippen LogP contribution in [0.1, 0.15) is 46.4 Å². The van der Waals surface area contributed by atoms with Gasteiger partial charge >= 0.3 is 5.97 Å². The van der Waals surface area contributed by atoms with Gasteiger partial charge in [-0.3, -0.25) is 14.5 Å². The van der Waals surface area contributed by atoms with Gasteiger partial charge in [0.05, 0.1) is 41.5 Å². The molecular formula is C29H26ClNO7. The number of rotatable bonds is 7. The van der Waals surface area contributed by atoms with Crippen molar-refractivity contribution < 1.29 is 34.1 Å². The zero-order chi connectivity index (χ0) is 27.6. The zero-order valence-electron chi connectivity index (χ0n) is 21.0. The molecule has 1 aliphatic rings. The molecule has 1 atom stereocenters. The van der Waals surface area contributed by atoms with E-state index in [1.165, 1.54) is 48.4 Å². The second-order valence-corrected chi connectivity index (χ2v) is 9.18. The van der Waals surface area contributed by atoms with E-state index in [0.29, 0.717) is 28.8 Å². The zero-order valence-corrected chi connectivity index (χ0v) is 21.8. The fourth-order valence-corrected chi connectivity index (χ4v) is 4.72. The monoisotopic (exact) mass is 535 g/mol. The summed E-state index contributed by atoms with van der Waals surface area (Å²) >= 11 is 6.33. The predicted molar refractivity (Wildman–Crippen MR) is 143 cm³/mol. The molecule has 0 spiro atoms. The number of ketones is 1. The van der Waals surface area contributed by atoms with Crippen LogP contribution in [-0.2, 0) is 14.3 Å². The lowest BCUT2D eigenvalue weighted by molar-refractivity contribution is -0.132. The third-order valence-electron chi connectivity index (χ3n) is 6.12. The fraction of sp³-hybridized carbons (Fsp3) is 0.207. The summed E-state index contributed by atoms with van der Waals surface area (Å²) in [5.74, 6) is -2.59. The molecule has 1 amide bonds. The van der Waals surface area contributed by atoms with Gasteiger partial charge in [0, 0.05) is 5.69 Å². The van der Waals surface area contributed by atoms with E-state index in [1.807, 2.05) is 6.92 Å². The number of nitrogens with zero attached hydrogens (tertiary/aromatic N) is 1. The molecule has 9 heteroatoms. The van der Waals surface area contributed by atoms with Crippen LogP contribution in [0.25, 0.3) is 5.76 Å². The molecule has 1 saturated heterocycles. The second kappa shape index (κ2) is 11.0. The number of benzene rings is 3. The third kappa shape index (κ3) is 4.95. The first-order chi connectivity index (χ1) is 18.2. The number of carbonyl (C=O) groups excluding carboxylic acids is 3. The minimum absolute atomic E-state index is 0.00668. The van der Waals surface area contributed by atoms with E-state index in [-0.39, 0.29) is 34.3 Å². The van der Waals surface area contributed by atoms with Gasteiger partial charge in [-0.15, -0.1) is 0 Å². The number of carbonyl (C=O) groups is 3. The van der Waals surface area contributed by atoms with Crippen LogP contribution in [-0.4, -0.2) is 41.6 Å². The van der Waals surface area contributed by atoms with Gasteiger partial charge in [0.2, 0.25) is 0 Å². The smallest absolute Gasteiger partial charge is 0.338 e. The van der Waals surface area contributed by atoms with Gasteiger partial charge < -0.3 is 19.7 Å². The van der Waals surface area contributed by atoms with Gasteiger partial charge in [-0.25, -0.2) is 4.79 Å². The molecule has 1 heterocycles. The highest BCUT2D eigenvalue weighted by atomic mass is 35.5. The topological polar surface area (TPSA) is 113 Å². The van der Waals surface area contributed by atoms with Crippen molar-refractivity contribution in [2.24, 2.45) is 0 Å². The molecule has 1 fully saturated rings. The highest BCUT2D eigenvalue weighted by Crippen LogP contribution is 2.44. The number of ether oxygens (including phenoxy) is 2. The SMILES string of the molecule is CCCOC(=O)c1ccc(N2C(=O)C(=O)/C(=C(/O)c3cc(C)cc(Cl)c3OC)C2c2ccc(O)cc2)cc1. The van der Waals surface area contributed by atoms with Crippen LogP contribution in [0.3, 0.4) is 0 Å². The average molecular weight is 536 g/mol. The molecule has 0 aromatic heterocycles. The predicted octanol–water partition coefficient (Wildman–Crippen LogP) is 5.56. The largest absolute Gasteiger partial charge is 0.508 e. The molecule has 1 aliphatic heterocycles. The minimum Gasteiger partial charge on any atom is -0.508 e. The van der Waals surface area contributed by atoms with Crippen LogP contribution in [0.15, 0.2) is 66.2 Å². The number of aliphatic hydroxyl groups is 1. The highest BCUT2D eigenvalue weighted by molar-refractivity contribution is 6.51. The molecule has 0 saturated carbocycles. The van der Waals surface area contributed by atoms with Gasteiger partial charge in [-0.1, -0.05) is 30.7 Å². The first kappa shape index (κ1) is 26.8. The van der Waals surface area contributed by atoms with E-state index in [2.05, 4.69) is 0 Å². The Morgan fingerprint density at radius 3 is 2.32 bits per heavy atom. The van der Waals surface area contributed by atoms with Gasteiger partial charge in [-0.05, 0) is 73.0 Å². The van der Waals surface area contributed by atoms with Crippen molar-refractivity contribution in [3.63, 3.8) is 0 Å². The fourth-order valence-electron chi connectivity index (χ4n) is 4.36. The second-order valence-electron chi connectivity index (χ2n) is 8.77. The number of phenols is 1. The number of hydrogen-bond donors (Lipinski definition) is 2. The van der Waals surface area contributed by atoms with E-state index in [9.17, 15) is 24.6 Å². The molecule has 1 unspecified atom stereocenters. The Labute approximate surface area is 224 Å². The molecule has 38 heavy (non-hydrogen) atoms. The molecule has 0 radical (unpaired) electrons. The number of aryl methyl sites for hydroxylation is 1. The number of amides is 1. The van der Waals surface area contributed by atoms with E-state index in [1.54, 1.807) is 31.2 Å². The number of Topliss-reactive ketones (excluding diaryl/α,β-unsaturated/α-hetero) is 1. The molecule has 4 rings (SSSR count). The van der Waals surface area contributed by atoms with Gasteiger partial charge in [0.1, 0.15) is 17.3 Å². The van der Waals surface area contributed by atoms with Crippen LogP contribution >= 0.6 is 11.6 Å². The molecular weight excluding hydrogens is 510 g/mol. The molecule has 8 nitrogen and oxygen atoms in total. The molecule has 0 bridgehead atoms. The number of halogens is 1. The average Bonchev–Trinajstić information content (AvgIpc) is 3.17. The molecule has 2 N–H and O–H groups in total. The standard InChI is InChI=1S/C29H26ClNO7/c1-4-13-38-29(36)18-5-9-19(10-6-18)31-24(17-7-11-20(32)12-8-17)23(26(34)28(31)35)25(33)21-14-16(2)15-22(30)27(21)37-3/h5-12,14-15,24,32-33H,4,13H2,1-3H3/b25-23+. The number of aliphatic hydroxyl groups excluding tert-OH is 1. The maximum absolute atomic E-state index is 13.4. The molecule has 196 valence electrons. The van der Waals surface area contributed by atoms with Crippen LogP contribution < -0.4 is 9.64 Å². The number of phenolic OH excluding ortho intramolecular Hbond substituents is 1. The Kier molecular flexibility index (Phi) is 7.73. The highest BCUT2D eigenvalue weighted by Gasteiger charge is 2.47. The normalized spacial score (nSPS) is 16.5. The summed E-state index contributed by atoms with van der Waals surface area (Å²) in [7, 11) is 1.39. The Bertz CT molecular complexity index is 1430. The van der Waals surface area contributed by atoms with Gasteiger partial charge in [0.25, 0.3) is 11.7 Å². The van der Waals surface area contributed by atoms with Gasteiger partial charge in [-0.2, -0.15) is 0 Å². The third-order valence-corrected chi connectivity index (χ3v) is 6.40. The van der Waals surface area contributed by atoms with E-state index < -0.39 is 29.5 Å². The number of aromatic hydroxyl groups is 1. The number of methoxy groups -OCH3 is 1. The first-order valence-corrected chi connectivity index (χ1v) is 12.3. The lowest BCUT2D eigenvalue weighted by Crippen LogP contribution is -2.29. The van der Waals surface area contributed by atoms with E-state index >= 15 is 0 Å². The summed E-state index contributed by atoms with van der Waals surface area (Å²) in [4.78, 5) is 40.3. The summed E-state index contributed by atoms with van der Waals surface area (Å²) < 4.78 is 10.6. The van der Waals surface area contributed by atoms with Crippen molar-refractivity contribution in [2.45, 2.75) is 26.3 Å². The van der Waals surface area contributed by atoms with Crippen LogP contribution in [0.5, 0.6) is 11.5 Å². The molecule has 0 aliphatic carbocycles. The van der Waals surface area contributed by atoms with Gasteiger partial charge in [0.15, 0.2) is 0 Å². The van der Waals surface area contributed by atoms with Crippen molar-refractivity contribution >= 4 is 40.7 Å². The minimum atomic E-state index is -1.04. The molecule has 3 aromatic carbocycles. The van der Waals surface area contributed by atoms with Crippen LogP contribution in [0.4, 0.5) is 5.69 Å². The molecule has 3 aromatic rings. The van der Waals surface area contributed by atoms with Crippen molar-refractivity contribution in [1.82, 2.24) is 0 Å². The van der Waals surface area contributed by atoms with Crippen LogP contribution in [0, 0.1) is 6.92 Å². The van der Waals surface area contributed by atoms with Crippen LogP contribution in [0.2, 0.25) is 5.02 Å². The lowest BCUT2D eigenvalue weighted by atomic mass is 9.94. The summed E-state index contributed by atoms with van der Waals surface area (Å²) in [5, 5.41) is 21.5. The van der Waals surface area contributed by atoms with E-state index in [4.69, 9.17) is 21.1 Å². The Balaban J connectivity index is 1.89. The van der Waals surface area contributed by atoms with E-state index in [0.717, 1.165) is 0 Å². The quantitative estimate of drug-likeness (QED) is 0.176. The Hall–Kier alpha value is -4.30. The van der Waals surface area contributed by atoms with Crippen molar-refractivity contribution in [2.75, 3.05) is 18.6 Å². The number of anilines is 1. The Morgan fingerprint density at radius 1 is 1.05 bits per heavy atom. The summed E-state index contributed by atoms with van der Waals surface area (Å²) in [5.41, 5.74) is 1.77. The maximum Gasteiger partial charge on any atom is 0.338 e. The first-order valence-electron chi connectivity index (χ1n) is 11.9. The lowest BCUT2D eigenvalue weighted by Gasteiger charge is -2.26. The number of esters is 1. The van der Waals surface area contributed by atoms with Crippen molar-refractivity contribution in [3.05, 3.63) is 93.5 Å². The summed E-state index contributed by atoms with van der Waals surface area (Å²) in [6, 6.07) is 14.3.